The van der Waals surface area contributed by atoms with Crippen LogP contribution in [0.25, 0.3) is 0 Å². The summed E-state index contributed by atoms with van der Waals surface area (Å²) in [6.45, 7) is 59.8. The van der Waals surface area contributed by atoms with Gasteiger partial charge in [-0.1, -0.05) is 108 Å². The summed E-state index contributed by atoms with van der Waals surface area (Å²) in [5, 5.41) is 26.5. The Balaban J connectivity index is 0.000000540. The molecule has 1 fully saturated rings. The molecule has 0 bridgehead atoms. The Morgan fingerprint density at radius 3 is 1.03 bits per heavy atom. The molecule has 0 amide bonds. The van der Waals surface area contributed by atoms with E-state index in [4.69, 9.17) is 34.8 Å². The Bertz CT molecular complexity index is 2820. The van der Waals surface area contributed by atoms with Gasteiger partial charge in [-0.25, -0.2) is 8.78 Å². The molecular formula is C79H125Cl3F2N8. The topological polar surface area (TPSA) is 97.1 Å². The van der Waals surface area contributed by atoms with Gasteiger partial charge in [0.05, 0.1) is 0 Å². The van der Waals surface area contributed by atoms with Crippen LogP contribution >= 0.6 is 34.8 Å². The van der Waals surface area contributed by atoms with Crippen LogP contribution in [0.5, 0.6) is 0 Å². The Morgan fingerprint density at radius 2 is 0.696 bits per heavy atom. The molecule has 5 aromatic carbocycles. The molecule has 6 aromatic rings. The maximum absolute atomic E-state index is 13.3. The minimum atomic E-state index is -0.184. The highest BCUT2D eigenvalue weighted by Gasteiger charge is 2.26. The third kappa shape index (κ3) is 42.9. The van der Waals surface area contributed by atoms with Gasteiger partial charge in [-0.15, -0.1) is 0 Å². The van der Waals surface area contributed by atoms with Gasteiger partial charge >= 0.3 is 0 Å². The van der Waals surface area contributed by atoms with Crippen LogP contribution in [0, 0.1) is 18.6 Å². The normalized spacial score (nSPS) is 14.7. The fourth-order valence-corrected chi connectivity index (χ4v) is 10.6. The molecule has 516 valence electrons. The molecule has 1 heterocycles. The number of aryl methyl sites for hydroxylation is 1. The number of benzene rings is 5. The molecule has 1 aliphatic carbocycles. The maximum Gasteiger partial charge on any atom is 0.126 e. The van der Waals surface area contributed by atoms with E-state index < -0.39 is 0 Å². The molecule has 0 spiro atoms. The molecule has 1 aliphatic rings. The molecule has 7 N–H and O–H groups in total. The summed E-state index contributed by atoms with van der Waals surface area (Å²) in [5.41, 5.74) is 8.77. The van der Waals surface area contributed by atoms with Crippen LogP contribution in [0.4, 0.5) is 8.78 Å². The lowest BCUT2D eigenvalue weighted by Crippen LogP contribution is -2.37. The summed E-state index contributed by atoms with van der Waals surface area (Å²) >= 11 is 17.8. The van der Waals surface area contributed by atoms with E-state index in [1.807, 2.05) is 79.1 Å². The second-order valence-electron chi connectivity index (χ2n) is 31.8. The SMILES string of the molecule is CC(C)(C)NC1CC1.C[C@H](NC(C)(C)C)c1ccc(Cl)cc1.C[C@H](NC(C)(C)C)c1ccc(Cl)cc1Cl.C[C@H](NC(C)(C)C)c1ccc(F)cc1.C[C@H](NC(C)(C)C)c1ccccc1.C[C@H](NC(C)(C)C)c1ccncc1.Cc1ccc([C@H](C)NC(C)(C)C)cc1F. The van der Waals surface area contributed by atoms with Crippen molar-refractivity contribution in [2.24, 2.45) is 0 Å². The van der Waals surface area contributed by atoms with Crippen molar-refractivity contribution in [2.45, 2.75) is 288 Å². The second kappa shape index (κ2) is 39.0. The molecule has 1 saturated carbocycles. The molecular weight excluding hydrogens is 1210 g/mol. The molecule has 6 atom stereocenters. The molecule has 92 heavy (non-hydrogen) atoms. The van der Waals surface area contributed by atoms with Crippen molar-refractivity contribution in [2.75, 3.05) is 0 Å². The van der Waals surface area contributed by atoms with Crippen LogP contribution in [0.1, 0.15) is 275 Å². The number of hydrogen-bond donors (Lipinski definition) is 7. The second-order valence-corrected chi connectivity index (χ2v) is 33.1. The van der Waals surface area contributed by atoms with Gasteiger partial charge in [0.2, 0.25) is 0 Å². The van der Waals surface area contributed by atoms with Crippen LogP contribution in [0.2, 0.25) is 15.1 Å². The van der Waals surface area contributed by atoms with Gasteiger partial charge in [0.1, 0.15) is 11.6 Å². The van der Waals surface area contributed by atoms with Crippen molar-refractivity contribution >= 4 is 34.8 Å². The minimum absolute atomic E-state index is 0.0424. The van der Waals surface area contributed by atoms with E-state index in [1.54, 1.807) is 19.1 Å². The predicted octanol–water partition coefficient (Wildman–Crippen LogP) is 22.3. The highest BCUT2D eigenvalue weighted by molar-refractivity contribution is 6.35. The molecule has 0 aliphatic heterocycles. The van der Waals surface area contributed by atoms with Crippen molar-refractivity contribution in [1.82, 2.24) is 42.2 Å². The quantitative estimate of drug-likeness (QED) is 0.0615. The first-order chi connectivity index (χ1) is 41.9. The lowest BCUT2D eigenvalue weighted by Gasteiger charge is -2.26. The zero-order valence-electron chi connectivity index (χ0n) is 62.1. The first kappa shape index (κ1) is 85.7. The molecule has 0 unspecified atom stereocenters. The molecule has 8 nitrogen and oxygen atoms in total. The van der Waals surface area contributed by atoms with Gasteiger partial charge in [-0.05, 0) is 300 Å². The highest BCUT2D eigenvalue weighted by atomic mass is 35.5. The first-order valence-corrected chi connectivity index (χ1v) is 34.2. The minimum Gasteiger partial charge on any atom is -0.309 e. The van der Waals surface area contributed by atoms with Gasteiger partial charge in [-0.2, -0.15) is 0 Å². The standard InChI is InChI=1S/C13H20FN.C12H17Cl2N.C12H18ClN.C12H18FN.C12H19N.C11H18N2.C7H15N/c1-9-6-7-11(8-12(9)14)10(2)15-13(3,4)5;1-8(15-12(2,3)4)10-6-5-9(13)7-11(10)14;2*1-9(14-12(2,3)4)10-5-7-11(13)8-6-10;1-10(13-12(2,3)4)11-8-6-5-7-9-11;1-9(13-11(2,3)4)10-5-7-12-8-6-10;1-7(2,3)8-6-4-5-6/h6-8,10,15H,1-5H3;5-8,15H,1-4H3;2*5-9,14H,1-4H3;5-10,13H,1-4H3;5-9,13H,1-4H3;6,8H,4-5H2,1-3H3/t10-;8-;2*9-;10-;9-;/m000000./s1. The molecule has 1 aromatic heterocycles. The zero-order chi connectivity index (χ0) is 70.8. The summed E-state index contributed by atoms with van der Waals surface area (Å²) in [6.07, 6.45) is 6.43. The van der Waals surface area contributed by atoms with Crippen molar-refractivity contribution in [3.05, 3.63) is 205 Å². The number of nitrogens with zero attached hydrogens (tertiary/aromatic N) is 1. The summed E-state index contributed by atoms with van der Waals surface area (Å²) < 4.78 is 26.0. The van der Waals surface area contributed by atoms with Gasteiger partial charge < -0.3 is 37.2 Å². The summed E-state index contributed by atoms with van der Waals surface area (Å²) in [7, 11) is 0. The fraction of sp³-hybridized carbons (Fsp3) is 0.557. The van der Waals surface area contributed by atoms with E-state index in [0.717, 1.165) is 27.8 Å². The lowest BCUT2D eigenvalue weighted by molar-refractivity contribution is 0.377. The number of hydrogen-bond acceptors (Lipinski definition) is 8. The van der Waals surface area contributed by atoms with Gasteiger partial charge in [0, 0.05) is 109 Å². The van der Waals surface area contributed by atoms with Crippen molar-refractivity contribution < 1.29 is 8.78 Å². The molecule has 7 rings (SSSR count). The zero-order valence-corrected chi connectivity index (χ0v) is 64.3. The number of aromatic nitrogens is 1. The maximum atomic E-state index is 13.3. The smallest absolute Gasteiger partial charge is 0.126 e. The van der Waals surface area contributed by atoms with Crippen LogP contribution in [0.3, 0.4) is 0 Å². The van der Waals surface area contributed by atoms with Gasteiger partial charge in [0.15, 0.2) is 0 Å². The van der Waals surface area contributed by atoms with Crippen molar-refractivity contribution in [3.8, 4) is 0 Å². The Hall–Kier alpha value is -4.30. The number of nitrogens with one attached hydrogen (secondary N) is 7. The number of halogens is 5. The molecule has 0 saturated heterocycles. The van der Waals surface area contributed by atoms with E-state index in [0.29, 0.717) is 39.3 Å². The van der Waals surface area contributed by atoms with Crippen LogP contribution in [-0.4, -0.2) is 49.8 Å². The summed E-state index contributed by atoms with van der Waals surface area (Å²) in [5.74, 6) is -0.313. The Kier molecular flexibility index (Phi) is 36.4. The van der Waals surface area contributed by atoms with Crippen LogP contribution in [-0.2, 0) is 0 Å². The average Bonchev–Trinajstić information content (AvgIpc) is 2.73. The highest BCUT2D eigenvalue weighted by Crippen LogP contribution is 2.28. The monoisotopic (exact) mass is 1330 g/mol. The number of pyridine rings is 1. The van der Waals surface area contributed by atoms with Crippen molar-refractivity contribution in [1.29, 1.82) is 0 Å². The largest absolute Gasteiger partial charge is 0.309 e. The van der Waals surface area contributed by atoms with E-state index in [9.17, 15) is 8.78 Å². The fourth-order valence-electron chi connectivity index (χ4n) is 9.86. The van der Waals surface area contributed by atoms with Gasteiger partial charge in [0.25, 0.3) is 0 Å². The van der Waals surface area contributed by atoms with E-state index in [2.05, 4.69) is 266 Å². The first-order valence-electron chi connectivity index (χ1n) is 33.0. The van der Waals surface area contributed by atoms with E-state index in [1.165, 1.54) is 41.7 Å². The predicted molar refractivity (Wildman–Crippen MR) is 400 cm³/mol. The van der Waals surface area contributed by atoms with Crippen LogP contribution in [0.15, 0.2) is 140 Å². The van der Waals surface area contributed by atoms with Crippen molar-refractivity contribution in [3.63, 3.8) is 0 Å². The Labute approximate surface area is 575 Å². The van der Waals surface area contributed by atoms with E-state index in [-0.39, 0.29) is 63.0 Å². The molecule has 0 radical (unpaired) electrons. The number of rotatable bonds is 13. The van der Waals surface area contributed by atoms with E-state index >= 15 is 0 Å². The lowest BCUT2D eigenvalue weighted by atomic mass is 10.0. The Morgan fingerprint density at radius 1 is 0.370 bits per heavy atom. The molecule has 13 heteroatoms. The third-order valence-corrected chi connectivity index (χ3v) is 14.3. The third-order valence-electron chi connectivity index (χ3n) is 13.5. The van der Waals surface area contributed by atoms with Gasteiger partial charge in [-0.3, -0.25) is 4.98 Å². The summed E-state index contributed by atoms with van der Waals surface area (Å²) in [4.78, 5) is 4.00. The summed E-state index contributed by atoms with van der Waals surface area (Å²) in [6, 6.07) is 42.9. The average molecular weight is 1330 g/mol. The van der Waals surface area contributed by atoms with Crippen LogP contribution < -0.4 is 37.2 Å².